The molecule has 3 heterocycles. The zero-order chi connectivity index (χ0) is 20.9. The Bertz CT molecular complexity index is 706. The number of piperidine rings is 1. The highest BCUT2D eigenvalue weighted by Gasteiger charge is 2.33. The highest BCUT2D eigenvalue weighted by Crippen LogP contribution is 2.35. The fourth-order valence-electron chi connectivity index (χ4n) is 5.69. The summed E-state index contributed by atoms with van der Waals surface area (Å²) < 4.78 is 5.36. The van der Waals surface area contributed by atoms with Gasteiger partial charge in [0.15, 0.2) is 5.96 Å². The fraction of sp³-hybridized carbons (Fsp3) is 0.708. The lowest BCUT2D eigenvalue weighted by molar-refractivity contribution is 0.122. The summed E-state index contributed by atoms with van der Waals surface area (Å²) in [5.74, 6) is 2.58. The predicted octanol–water partition coefficient (Wildman–Crippen LogP) is 3.44. The number of aliphatic imine (C=N–C) groups is 1. The van der Waals surface area contributed by atoms with Gasteiger partial charge in [-0.3, -0.25) is 14.8 Å². The highest BCUT2D eigenvalue weighted by molar-refractivity contribution is 14.0. The Morgan fingerprint density at radius 2 is 1.81 bits per heavy atom. The Kier molecular flexibility index (Phi) is 9.28. The Balaban J connectivity index is 0.00000272. The largest absolute Gasteiger partial charge is 0.497 e. The summed E-state index contributed by atoms with van der Waals surface area (Å²) in [4.78, 5) is 12.3. The van der Waals surface area contributed by atoms with Gasteiger partial charge in [0.2, 0.25) is 0 Å². The molecule has 3 aliphatic heterocycles. The van der Waals surface area contributed by atoms with Crippen LogP contribution in [0.4, 0.5) is 0 Å². The zero-order valence-corrected chi connectivity index (χ0v) is 21.8. The maximum Gasteiger partial charge on any atom is 0.193 e. The summed E-state index contributed by atoms with van der Waals surface area (Å²) in [6.45, 7) is 6.93. The molecule has 1 aromatic rings. The van der Waals surface area contributed by atoms with Crippen LogP contribution in [0.2, 0.25) is 0 Å². The summed E-state index contributed by atoms with van der Waals surface area (Å²) in [5.41, 5.74) is 1.38. The molecule has 0 amide bonds. The SMILES string of the molecule is CN=C(NCC1CCCN(C)C1c1ccc(OC)cc1)N1CCC(N2CCCC2)C1.I. The van der Waals surface area contributed by atoms with Crippen LogP contribution in [0.5, 0.6) is 5.75 Å². The summed E-state index contributed by atoms with van der Waals surface area (Å²) >= 11 is 0. The number of guanidine groups is 1. The maximum atomic E-state index is 5.36. The Labute approximate surface area is 205 Å². The van der Waals surface area contributed by atoms with Gasteiger partial charge in [-0.15, -0.1) is 24.0 Å². The first-order valence-electron chi connectivity index (χ1n) is 11.7. The van der Waals surface area contributed by atoms with Crippen LogP contribution in [0.25, 0.3) is 0 Å². The Morgan fingerprint density at radius 1 is 1.06 bits per heavy atom. The van der Waals surface area contributed by atoms with Crippen LogP contribution < -0.4 is 10.1 Å². The molecule has 1 N–H and O–H groups in total. The van der Waals surface area contributed by atoms with Gasteiger partial charge in [0, 0.05) is 38.8 Å². The molecule has 0 saturated carbocycles. The molecule has 174 valence electrons. The molecule has 7 heteroatoms. The third kappa shape index (κ3) is 5.85. The van der Waals surface area contributed by atoms with E-state index in [0.29, 0.717) is 18.0 Å². The van der Waals surface area contributed by atoms with Gasteiger partial charge in [-0.05, 0) is 82.4 Å². The number of methoxy groups -OCH3 is 1. The summed E-state index contributed by atoms with van der Waals surface area (Å²) in [6.07, 6.45) is 6.51. The minimum Gasteiger partial charge on any atom is -0.497 e. The second-order valence-corrected chi connectivity index (χ2v) is 9.16. The van der Waals surface area contributed by atoms with Crippen molar-refractivity contribution in [1.82, 2.24) is 20.0 Å². The first-order chi connectivity index (χ1) is 14.7. The van der Waals surface area contributed by atoms with Crippen molar-refractivity contribution in [3.63, 3.8) is 0 Å². The predicted molar refractivity (Wildman–Crippen MR) is 139 cm³/mol. The summed E-state index contributed by atoms with van der Waals surface area (Å²) in [7, 11) is 5.92. The van der Waals surface area contributed by atoms with E-state index in [1.807, 2.05) is 7.05 Å². The quantitative estimate of drug-likeness (QED) is 0.352. The molecule has 1 aromatic carbocycles. The van der Waals surface area contributed by atoms with Gasteiger partial charge in [-0.25, -0.2) is 0 Å². The third-order valence-electron chi connectivity index (χ3n) is 7.32. The minimum atomic E-state index is 0. The van der Waals surface area contributed by atoms with E-state index in [1.54, 1.807) is 7.11 Å². The number of rotatable bonds is 5. The van der Waals surface area contributed by atoms with Crippen molar-refractivity contribution in [1.29, 1.82) is 0 Å². The third-order valence-corrected chi connectivity index (χ3v) is 7.32. The topological polar surface area (TPSA) is 43.3 Å². The smallest absolute Gasteiger partial charge is 0.193 e. The van der Waals surface area contributed by atoms with Gasteiger partial charge in [0.1, 0.15) is 5.75 Å². The van der Waals surface area contributed by atoms with E-state index in [0.717, 1.165) is 37.9 Å². The number of nitrogens with one attached hydrogen (secondary N) is 1. The van der Waals surface area contributed by atoms with Gasteiger partial charge >= 0.3 is 0 Å². The second-order valence-electron chi connectivity index (χ2n) is 9.16. The van der Waals surface area contributed by atoms with E-state index in [1.165, 1.54) is 50.8 Å². The number of ether oxygens (including phenoxy) is 1. The molecule has 0 radical (unpaired) electrons. The average molecular weight is 542 g/mol. The van der Waals surface area contributed by atoms with E-state index in [4.69, 9.17) is 4.74 Å². The molecule has 0 aliphatic carbocycles. The standard InChI is InChI=1S/C24H39N5O.HI/c1-25-24(29-16-12-21(18-29)28-14-4-5-15-28)26-17-20-7-6-13-27(2)23(20)19-8-10-22(30-3)11-9-19;/h8-11,20-21,23H,4-7,12-18H2,1-3H3,(H,25,26);1H. The molecular weight excluding hydrogens is 501 g/mol. The van der Waals surface area contributed by atoms with E-state index in [-0.39, 0.29) is 24.0 Å². The monoisotopic (exact) mass is 541 g/mol. The van der Waals surface area contributed by atoms with Crippen molar-refractivity contribution in [2.24, 2.45) is 10.9 Å². The fourth-order valence-corrected chi connectivity index (χ4v) is 5.69. The molecule has 0 aromatic heterocycles. The van der Waals surface area contributed by atoms with Gasteiger partial charge in [0.25, 0.3) is 0 Å². The molecule has 3 unspecified atom stereocenters. The molecule has 6 nitrogen and oxygen atoms in total. The molecule has 0 bridgehead atoms. The van der Waals surface area contributed by atoms with Gasteiger partial charge in [-0.2, -0.15) is 0 Å². The Morgan fingerprint density at radius 3 is 2.48 bits per heavy atom. The average Bonchev–Trinajstić information content (AvgIpc) is 3.47. The second kappa shape index (κ2) is 11.7. The van der Waals surface area contributed by atoms with Crippen LogP contribution in [0.3, 0.4) is 0 Å². The number of nitrogens with zero attached hydrogens (tertiary/aromatic N) is 4. The number of benzene rings is 1. The lowest BCUT2D eigenvalue weighted by Gasteiger charge is -2.40. The molecular formula is C24H40IN5O. The van der Waals surface area contributed by atoms with Crippen molar-refractivity contribution >= 4 is 29.9 Å². The van der Waals surface area contributed by atoms with Crippen LogP contribution in [0, 0.1) is 5.92 Å². The van der Waals surface area contributed by atoms with Crippen LogP contribution in [0.1, 0.15) is 43.7 Å². The van der Waals surface area contributed by atoms with Crippen LogP contribution in [-0.4, -0.2) is 87.2 Å². The van der Waals surface area contributed by atoms with Crippen LogP contribution in [0.15, 0.2) is 29.3 Å². The number of halogens is 1. The van der Waals surface area contributed by atoms with Crippen molar-refractivity contribution in [3.8, 4) is 5.75 Å². The van der Waals surface area contributed by atoms with E-state index >= 15 is 0 Å². The number of likely N-dealkylation sites (tertiary alicyclic amines) is 3. The summed E-state index contributed by atoms with van der Waals surface area (Å²) in [5, 5.41) is 3.74. The van der Waals surface area contributed by atoms with Crippen molar-refractivity contribution < 1.29 is 4.74 Å². The lowest BCUT2D eigenvalue weighted by Crippen LogP contribution is -2.46. The molecule has 0 spiro atoms. The van der Waals surface area contributed by atoms with Crippen molar-refractivity contribution in [2.75, 3.05) is 60.5 Å². The molecule has 3 aliphatic rings. The first-order valence-corrected chi connectivity index (χ1v) is 11.7. The molecule has 3 fully saturated rings. The zero-order valence-electron chi connectivity index (χ0n) is 19.4. The Hall–Kier alpha value is -1.06. The maximum absolute atomic E-state index is 5.36. The molecule has 31 heavy (non-hydrogen) atoms. The first kappa shape index (κ1) is 24.6. The minimum absolute atomic E-state index is 0. The molecule has 3 atom stereocenters. The lowest BCUT2D eigenvalue weighted by atomic mass is 9.85. The van der Waals surface area contributed by atoms with Gasteiger partial charge in [-0.1, -0.05) is 12.1 Å². The van der Waals surface area contributed by atoms with Gasteiger partial charge < -0.3 is 15.0 Å². The highest BCUT2D eigenvalue weighted by atomic mass is 127. The summed E-state index contributed by atoms with van der Waals surface area (Å²) in [6, 6.07) is 9.78. The number of hydrogen-bond donors (Lipinski definition) is 1. The van der Waals surface area contributed by atoms with Gasteiger partial charge in [0.05, 0.1) is 7.11 Å². The molecule has 3 saturated heterocycles. The molecule has 4 rings (SSSR count). The van der Waals surface area contributed by atoms with Crippen LogP contribution in [-0.2, 0) is 0 Å². The normalized spacial score (nSPS) is 27.9. The van der Waals surface area contributed by atoms with Crippen LogP contribution >= 0.6 is 24.0 Å². The number of hydrogen-bond acceptors (Lipinski definition) is 4. The van der Waals surface area contributed by atoms with E-state index < -0.39 is 0 Å². The van der Waals surface area contributed by atoms with E-state index in [2.05, 4.69) is 56.3 Å². The van der Waals surface area contributed by atoms with Crippen molar-refractivity contribution in [2.45, 2.75) is 44.2 Å². The van der Waals surface area contributed by atoms with E-state index in [9.17, 15) is 0 Å². The van der Waals surface area contributed by atoms with Crippen molar-refractivity contribution in [3.05, 3.63) is 29.8 Å².